The molecule has 1 aromatic carbocycles. The van der Waals surface area contributed by atoms with E-state index in [9.17, 15) is 9.18 Å². The monoisotopic (exact) mass is 290 g/mol. The maximum absolute atomic E-state index is 13.7. The summed E-state index contributed by atoms with van der Waals surface area (Å²) in [6, 6.07) is 5.80. The molecule has 2 rings (SSSR count). The number of nitrogens with zero attached hydrogens (tertiary/aromatic N) is 1. The van der Waals surface area contributed by atoms with Gasteiger partial charge >= 0.3 is 5.97 Å². The molecule has 1 aromatic heterocycles. The standard InChI is InChI=1S/C16H19FN2O2/c1-4-19-10(2)7-13(11(19)3)9-18-15-8-12(16(20)21)5-6-14(15)17/h5-8,18H,4,9H2,1-3H3,(H,20,21). The third-order valence-electron chi connectivity index (χ3n) is 3.68. The number of rotatable bonds is 5. The molecule has 4 nitrogen and oxygen atoms in total. The van der Waals surface area contributed by atoms with Crippen molar-refractivity contribution in [1.29, 1.82) is 0 Å². The van der Waals surface area contributed by atoms with E-state index < -0.39 is 11.8 Å². The predicted octanol–water partition coefficient (Wildman–Crippen LogP) is 3.57. The number of nitrogens with one attached hydrogen (secondary N) is 1. The van der Waals surface area contributed by atoms with E-state index in [1.54, 1.807) is 0 Å². The van der Waals surface area contributed by atoms with E-state index in [2.05, 4.69) is 22.9 Å². The summed E-state index contributed by atoms with van der Waals surface area (Å²) in [4.78, 5) is 10.9. The van der Waals surface area contributed by atoms with Crippen molar-refractivity contribution in [3.63, 3.8) is 0 Å². The highest BCUT2D eigenvalue weighted by molar-refractivity contribution is 5.88. The quantitative estimate of drug-likeness (QED) is 0.885. The summed E-state index contributed by atoms with van der Waals surface area (Å²) in [5.41, 5.74) is 3.65. The number of carboxylic acids is 1. The summed E-state index contributed by atoms with van der Waals surface area (Å²) in [6.07, 6.45) is 0. The lowest BCUT2D eigenvalue weighted by molar-refractivity contribution is 0.0697. The number of hydrogen-bond acceptors (Lipinski definition) is 2. The predicted molar refractivity (Wildman–Crippen MR) is 80.3 cm³/mol. The minimum Gasteiger partial charge on any atom is -0.478 e. The van der Waals surface area contributed by atoms with Gasteiger partial charge in [0.2, 0.25) is 0 Å². The Hall–Kier alpha value is -2.30. The van der Waals surface area contributed by atoms with Crippen LogP contribution in [0.2, 0.25) is 0 Å². The van der Waals surface area contributed by atoms with Crippen LogP contribution >= 0.6 is 0 Å². The van der Waals surface area contributed by atoms with Crippen LogP contribution < -0.4 is 5.32 Å². The number of benzene rings is 1. The highest BCUT2D eigenvalue weighted by Crippen LogP contribution is 2.20. The van der Waals surface area contributed by atoms with Crippen LogP contribution in [0.25, 0.3) is 0 Å². The number of carbonyl (C=O) groups is 1. The lowest BCUT2D eigenvalue weighted by Gasteiger charge is -2.09. The van der Waals surface area contributed by atoms with Gasteiger partial charge in [0.15, 0.2) is 0 Å². The van der Waals surface area contributed by atoms with Gasteiger partial charge in [0.05, 0.1) is 11.3 Å². The van der Waals surface area contributed by atoms with Gasteiger partial charge in [-0.3, -0.25) is 0 Å². The van der Waals surface area contributed by atoms with Crippen molar-refractivity contribution in [2.24, 2.45) is 0 Å². The molecule has 0 bridgehead atoms. The van der Waals surface area contributed by atoms with Gasteiger partial charge in [0.1, 0.15) is 5.82 Å². The van der Waals surface area contributed by atoms with Gasteiger partial charge in [-0.25, -0.2) is 9.18 Å². The smallest absolute Gasteiger partial charge is 0.335 e. The largest absolute Gasteiger partial charge is 0.478 e. The molecule has 2 aromatic rings. The van der Waals surface area contributed by atoms with Crippen LogP contribution in [0.3, 0.4) is 0 Å². The third-order valence-corrected chi connectivity index (χ3v) is 3.68. The first-order valence-electron chi connectivity index (χ1n) is 6.86. The molecule has 0 saturated heterocycles. The fraction of sp³-hybridized carbons (Fsp3) is 0.312. The van der Waals surface area contributed by atoms with E-state index in [0.29, 0.717) is 6.54 Å². The second kappa shape index (κ2) is 5.99. The van der Waals surface area contributed by atoms with Crippen LogP contribution in [0.15, 0.2) is 24.3 Å². The Bertz CT molecular complexity index is 677. The number of anilines is 1. The van der Waals surface area contributed by atoms with Crippen LogP contribution in [-0.4, -0.2) is 15.6 Å². The summed E-state index contributed by atoms with van der Waals surface area (Å²) >= 11 is 0. The number of carboxylic acid groups (broad SMARTS) is 1. The van der Waals surface area contributed by atoms with E-state index in [4.69, 9.17) is 5.11 Å². The summed E-state index contributed by atoms with van der Waals surface area (Å²) in [6.45, 7) is 7.48. The molecule has 0 radical (unpaired) electrons. The Kier molecular flexibility index (Phi) is 4.31. The van der Waals surface area contributed by atoms with Crippen LogP contribution in [-0.2, 0) is 13.1 Å². The Balaban J connectivity index is 2.20. The minimum atomic E-state index is -1.07. The number of aryl methyl sites for hydroxylation is 1. The minimum absolute atomic E-state index is 0.0675. The Morgan fingerprint density at radius 3 is 2.62 bits per heavy atom. The average Bonchev–Trinajstić information content (AvgIpc) is 2.71. The zero-order valence-electron chi connectivity index (χ0n) is 12.4. The first-order valence-corrected chi connectivity index (χ1v) is 6.86. The first kappa shape index (κ1) is 15.1. The topological polar surface area (TPSA) is 54.3 Å². The first-order chi connectivity index (χ1) is 9.93. The highest BCUT2D eigenvalue weighted by atomic mass is 19.1. The molecule has 0 saturated carbocycles. The van der Waals surface area contributed by atoms with Crippen molar-refractivity contribution < 1.29 is 14.3 Å². The van der Waals surface area contributed by atoms with Crippen molar-refractivity contribution >= 4 is 11.7 Å². The number of aromatic nitrogens is 1. The van der Waals surface area contributed by atoms with Crippen molar-refractivity contribution in [1.82, 2.24) is 4.57 Å². The molecule has 1 heterocycles. The van der Waals surface area contributed by atoms with Gasteiger partial charge < -0.3 is 15.0 Å². The normalized spacial score (nSPS) is 10.7. The zero-order chi connectivity index (χ0) is 15.6. The highest BCUT2D eigenvalue weighted by Gasteiger charge is 2.11. The van der Waals surface area contributed by atoms with Crippen LogP contribution in [0.4, 0.5) is 10.1 Å². The van der Waals surface area contributed by atoms with Gasteiger partial charge in [-0.15, -0.1) is 0 Å². The maximum Gasteiger partial charge on any atom is 0.335 e. The SMILES string of the molecule is CCn1c(C)cc(CNc2cc(C(=O)O)ccc2F)c1C. The van der Waals surface area contributed by atoms with Crippen molar-refractivity contribution in [2.45, 2.75) is 33.9 Å². The van der Waals surface area contributed by atoms with Crippen molar-refractivity contribution in [2.75, 3.05) is 5.32 Å². The van der Waals surface area contributed by atoms with Gasteiger partial charge in [0, 0.05) is 24.5 Å². The molecule has 0 aliphatic carbocycles. The molecule has 0 aliphatic rings. The van der Waals surface area contributed by atoms with Crippen molar-refractivity contribution in [3.05, 3.63) is 52.6 Å². The van der Waals surface area contributed by atoms with E-state index in [1.807, 2.05) is 13.8 Å². The molecule has 112 valence electrons. The van der Waals surface area contributed by atoms with E-state index in [0.717, 1.165) is 23.5 Å². The van der Waals surface area contributed by atoms with Crippen LogP contribution in [0.1, 0.15) is 34.2 Å². The maximum atomic E-state index is 13.7. The summed E-state index contributed by atoms with van der Waals surface area (Å²) in [5.74, 6) is -1.52. The lowest BCUT2D eigenvalue weighted by atomic mass is 10.2. The fourth-order valence-electron chi connectivity index (χ4n) is 2.52. The fourth-order valence-corrected chi connectivity index (χ4v) is 2.52. The summed E-state index contributed by atoms with van der Waals surface area (Å²) < 4.78 is 15.9. The Morgan fingerprint density at radius 2 is 2.05 bits per heavy atom. The molecular weight excluding hydrogens is 271 g/mol. The molecular formula is C16H19FN2O2. The molecule has 0 fully saturated rings. The van der Waals surface area contributed by atoms with E-state index >= 15 is 0 Å². The molecule has 5 heteroatoms. The Morgan fingerprint density at radius 1 is 1.33 bits per heavy atom. The molecule has 0 unspecified atom stereocenters. The summed E-state index contributed by atoms with van der Waals surface area (Å²) in [7, 11) is 0. The molecule has 0 spiro atoms. The lowest BCUT2D eigenvalue weighted by Crippen LogP contribution is -2.05. The number of aromatic carboxylic acids is 1. The van der Waals surface area contributed by atoms with Gasteiger partial charge in [0.25, 0.3) is 0 Å². The average molecular weight is 290 g/mol. The van der Waals surface area contributed by atoms with Crippen LogP contribution in [0.5, 0.6) is 0 Å². The van der Waals surface area contributed by atoms with E-state index in [1.165, 1.54) is 18.2 Å². The molecule has 0 atom stereocenters. The second-order valence-corrected chi connectivity index (χ2v) is 4.99. The van der Waals surface area contributed by atoms with Gasteiger partial charge in [-0.05, 0) is 50.6 Å². The van der Waals surface area contributed by atoms with Gasteiger partial charge in [-0.2, -0.15) is 0 Å². The summed E-state index contributed by atoms with van der Waals surface area (Å²) in [5, 5.41) is 11.9. The van der Waals surface area contributed by atoms with Crippen molar-refractivity contribution in [3.8, 4) is 0 Å². The zero-order valence-corrected chi connectivity index (χ0v) is 12.4. The van der Waals surface area contributed by atoms with E-state index in [-0.39, 0.29) is 11.3 Å². The third kappa shape index (κ3) is 3.07. The molecule has 21 heavy (non-hydrogen) atoms. The molecule has 0 amide bonds. The molecule has 0 aliphatic heterocycles. The van der Waals surface area contributed by atoms with Gasteiger partial charge in [-0.1, -0.05) is 0 Å². The number of halogens is 1. The second-order valence-electron chi connectivity index (χ2n) is 4.99. The number of hydrogen-bond donors (Lipinski definition) is 2. The Labute approximate surface area is 123 Å². The molecule has 2 N–H and O–H groups in total. The van der Waals surface area contributed by atoms with Crippen LogP contribution in [0, 0.1) is 19.7 Å².